The van der Waals surface area contributed by atoms with Gasteiger partial charge in [-0.3, -0.25) is 9.69 Å². The third-order valence-corrected chi connectivity index (χ3v) is 3.90. The number of carbonyl (C=O) groups excluding carboxylic acids is 1. The topological polar surface area (TPSA) is 44.4 Å². The molecule has 4 nitrogen and oxygen atoms in total. The molecule has 0 aliphatic carbocycles. The third kappa shape index (κ3) is 2.36. The van der Waals surface area contributed by atoms with Crippen LogP contribution in [0.15, 0.2) is 24.3 Å². The number of fused-ring (bicyclic) bond motifs is 1. The Morgan fingerprint density at radius 2 is 2.22 bits per heavy atom. The average Bonchev–Trinajstić information content (AvgIpc) is 2.38. The van der Waals surface area contributed by atoms with E-state index in [1.54, 1.807) is 0 Å². The van der Waals surface area contributed by atoms with Crippen LogP contribution in [0.4, 0.5) is 0 Å². The van der Waals surface area contributed by atoms with Gasteiger partial charge in [-0.2, -0.15) is 0 Å². The summed E-state index contributed by atoms with van der Waals surface area (Å²) in [4.78, 5) is 13.7. The summed E-state index contributed by atoms with van der Waals surface area (Å²) in [5, 5.41) is 7.19. The number of piperazine rings is 2. The minimum absolute atomic E-state index is 0.123. The zero-order valence-corrected chi connectivity index (χ0v) is 10.8. The number of amides is 1. The fourth-order valence-electron chi connectivity index (χ4n) is 2.67. The predicted octanol–water partition coefficient (Wildman–Crippen LogP) is 0.785. The molecule has 0 spiro atoms. The third-order valence-electron chi connectivity index (χ3n) is 3.67. The van der Waals surface area contributed by atoms with Crippen LogP contribution in [0.3, 0.4) is 0 Å². The Hall–Kier alpha value is -1.10. The first-order valence-corrected chi connectivity index (χ1v) is 6.60. The molecule has 2 unspecified atom stereocenters. The van der Waals surface area contributed by atoms with Crippen molar-refractivity contribution < 1.29 is 4.79 Å². The maximum absolute atomic E-state index is 11.4. The predicted molar refractivity (Wildman–Crippen MR) is 70.6 cm³/mol. The number of halogens is 1. The fourth-order valence-corrected chi connectivity index (χ4v) is 2.87. The molecular formula is C13H16ClN3O. The summed E-state index contributed by atoms with van der Waals surface area (Å²) in [7, 11) is 0. The van der Waals surface area contributed by atoms with E-state index in [4.69, 9.17) is 11.6 Å². The standard InChI is InChI=1S/C13H16ClN3O/c14-10-3-1-2-9(4-10)12-7-17-8-13(18)16-6-11(17)5-15-12/h1-4,11-12,15H,5-8H2,(H,16,18). The largest absolute Gasteiger partial charge is 0.353 e. The van der Waals surface area contributed by atoms with E-state index in [0.29, 0.717) is 12.6 Å². The Kier molecular flexibility index (Phi) is 3.24. The van der Waals surface area contributed by atoms with E-state index in [1.165, 1.54) is 5.56 Å². The summed E-state index contributed by atoms with van der Waals surface area (Å²) in [6.07, 6.45) is 0. The Morgan fingerprint density at radius 3 is 3.06 bits per heavy atom. The van der Waals surface area contributed by atoms with Crippen LogP contribution < -0.4 is 10.6 Å². The lowest BCUT2D eigenvalue weighted by atomic mass is 10.0. The van der Waals surface area contributed by atoms with Gasteiger partial charge in [0.05, 0.1) is 6.54 Å². The summed E-state index contributed by atoms with van der Waals surface area (Å²) in [5.74, 6) is 0.123. The van der Waals surface area contributed by atoms with E-state index in [2.05, 4.69) is 21.6 Å². The highest BCUT2D eigenvalue weighted by Crippen LogP contribution is 2.23. The molecule has 2 N–H and O–H groups in total. The normalized spacial score (nSPS) is 28.6. The highest BCUT2D eigenvalue weighted by atomic mass is 35.5. The SMILES string of the molecule is O=C1CN2CC(c3cccc(Cl)c3)NCC2CN1. The van der Waals surface area contributed by atoms with Gasteiger partial charge in [0.2, 0.25) is 5.91 Å². The van der Waals surface area contributed by atoms with Crippen molar-refractivity contribution in [3.8, 4) is 0 Å². The lowest BCUT2D eigenvalue weighted by molar-refractivity contribution is -0.126. The molecule has 0 radical (unpaired) electrons. The van der Waals surface area contributed by atoms with Crippen LogP contribution in [0.5, 0.6) is 0 Å². The van der Waals surface area contributed by atoms with Crippen LogP contribution >= 0.6 is 11.6 Å². The molecule has 2 aliphatic heterocycles. The minimum Gasteiger partial charge on any atom is -0.353 e. The maximum Gasteiger partial charge on any atom is 0.234 e. The van der Waals surface area contributed by atoms with Crippen LogP contribution in [-0.2, 0) is 4.79 Å². The summed E-state index contributed by atoms with van der Waals surface area (Å²) in [6.45, 7) is 3.01. The van der Waals surface area contributed by atoms with E-state index in [1.807, 2.05) is 18.2 Å². The van der Waals surface area contributed by atoms with E-state index in [9.17, 15) is 4.79 Å². The van der Waals surface area contributed by atoms with E-state index >= 15 is 0 Å². The van der Waals surface area contributed by atoms with Crippen LogP contribution in [0.1, 0.15) is 11.6 Å². The second-order valence-electron chi connectivity index (χ2n) is 4.90. The maximum atomic E-state index is 11.4. The Balaban J connectivity index is 1.74. The monoisotopic (exact) mass is 265 g/mol. The summed E-state index contributed by atoms with van der Waals surface area (Å²) in [6, 6.07) is 8.58. The molecule has 3 rings (SSSR count). The number of hydrogen-bond donors (Lipinski definition) is 2. The number of benzene rings is 1. The van der Waals surface area contributed by atoms with Crippen molar-refractivity contribution in [1.29, 1.82) is 0 Å². The van der Waals surface area contributed by atoms with Crippen molar-refractivity contribution in [3.05, 3.63) is 34.9 Å². The van der Waals surface area contributed by atoms with Crippen molar-refractivity contribution >= 4 is 17.5 Å². The van der Waals surface area contributed by atoms with Crippen molar-refractivity contribution in [3.63, 3.8) is 0 Å². The summed E-state index contributed by atoms with van der Waals surface area (Å²) >= 11 is 6.02. The molecule has 1 aromatic carbocycles. The average molecular weight is 266 g/mol. The molecule has 5 heteroatoms. The number of nitrogens with one attached hydrogen (secondary N) is 2. The van der Waals surface area contributed by atoms with Crippen molar-refractivity contribution in [2.45, 2.75) is 12.1 Å². The van der Waals surface area contributed by atoms with Crippen molar-refractivity contribution in [1.82, 2.24) is 15.5 Å². The molecule has 1 aromatic rings. The number of hydrogen-bond acceptors (Lipinski definition) is 3. The van der Waals surface area contributed by atoms with Gasteiger partial charge >= 0.3 is 0 Å². The molecular weight excluding hydrogens is 250 g/mol. The number of nitrogens with zero attached hydrogens (tertiary/aromatic N) is 1. The zero-order valence-electron chi connectivity index (χ0n) is 10.0. The molecule has 0 aromatic heterocycles. The molecule has 2 fully saturated rings. The van der Waals surface area contributed by atoms with E-state index < -0.39 is 0 Å². The van der Waals surface area contributed by atoms with Gasteiger partial charge in [0, 0.05) is 36.7 Å². The van der Waals surface area contributed by atoms with Gasteiger partial charge in [-0.15, -0.1) is 0 Å². The van der Waals surface area contributed by atoms with Crippen molar-refractivity contribution in [2.75, 3.05) is 26.2 Å². The molecule has 0 bridgehead atoms. The van der Waals surface area contributed by atoms with Gasteiger partial charge in [-0.05, 0) is 17.7 Å². The molecule has 2 atom stereocenters. The Labute approximate surface area is 111 Å². The lowest BCUT2D eigenvalue weighted by Crippen LogP contribution is -2.62. The molecule has 2 aliphatic rings. The van der Waals surface area contributed by atoms with Gasteiger partial charge in [-0.25, -0.2) is 0 Å². The van der Waals surface area contributed by atoms with E-state index in [0.717, 1.165) is 24.7 Å². The van der Waals surface area contributed by atoms with Crippen LogP contribution in [-0.4, -0.2) is 43.0 Å². The molecule has 96 valence electrons. The Morgan fingerprint density at radius 1 is 1.33 bits per heavy atom. The first-order chi connectivity index (χ1) is 8.72. The van der Waals surface area contributed by atoms with Gasteiger partial charge in [-0.1, -0.05) is 23.7 Å². The Bertz CT molecular complexity index is 465. The first-order valence-electron chi connectivity index (χ1n) is 6.22. The van der Waals surface area contributed by atoms with Gasteiger partial charge in [0.15, 0.2) is 0 Å². The molecule has 2 heterocycles. The molecule has 18 heavy (non-hydrogen) atoms. The number of carbonyl (C=O) groups is 1. The second kappa shape index (κ2) is 4.88. The second-order valence-corrected chi connectivity index (χ2v) is 5.34. The van der Waals surface area contributed by atoms with Crippen LogP contribution in [0.2, 0.25) is 5.02 Å². The van der Waals surface area contributed by atoms with Gasteiger partial charge in [0.25, 0.3) is 0 Å². The van der Waals surface area contributed by atoms with Gasteiger partial charge in [0.1, 0.15) is 0 Å². The first kappa shape index (κ1) is 12.0. The summed E-state index contributed by atoms with van der Waals surface area (Å²) < 4.78 is 0. The fraction of sp³-hybridized carbons (Fsp3) is 0.462. The molecule has 0 saturated carbocycles. The molecule has 1 amide bonds. The van der Waals surface area contributed by atoms with Gasteiger partial charge < -0.3 is 10.6 Å². The quantitative estimate of drug-likeness (QED) is 0.789. The van der Waals surface area contributed by atoms with Crippen LogP contribution in [0.25, 0.3) is 0 Å². The summed E-state index contributed by atoms with van der Waals surface area (Å²) in [5.41, 5.74) is 1.19. The smallest absolute Gasteiger partial charge is 0.234 e. The van der Waals surface area contributed by atoms with E-state index in [-0.39, 0.29) is 11.9 Å². The highest BCUT2D eigenvalue weighted by Gasteiger charge is 2.32. The number of rotatable bonds is 1. The molecule has 2 saturated heterocycles. The zero-order chi connectivity index (χ0) is 12.5. The minimum atomic E-state index is 0.123. The van der Waals surface area contributed by atoms with Crippen LogP contribution in [0, 0.1) is 0 Å². The van der Waals surface area contributed by atoms with Crippen molar-refractivity contribution in [2.24, 2.45) is 0 Å². The highest BCUT2D eigenvalue weighted by molar-refractivity contribution is 6.30. The lowest BCUT2D eigenvalue weighted by Gasteiger charge is -2.42.